The van der Waals surface area contributed by atoms with Crippen molar-refractivity contribution in [2.45, 2.75) is 19.5 Å². The highest BCUT2D eigenvalue weighted by Crippen LogP contribution is 2.34. The number of hydrogen-bond acceptors (Lipinski definition) is 6. The van der Waals surface area contributed by atoms with Gasteiger partial charge in [0.05, 0.1) is 30.1 Å². The Bertz CT molecular complexity index is 1250. The summed E-state index contributed by atoms with van der Waals surface area (Å²) in [5.74, 6) is -0.740. The van der Waals surface area contributed by atoms with Crippen molar-refractivity contribution in [2.24, 2.45) is 0 Å². The summed E-state index contributed by atoms with van der Waals surface area (Å²) in [6.07, 6.45) is 1.53. The van der Waals surface area contributed by atoms with Crippen molar-refractivity contribution in [3.8, 4) is 5.88 Å². The molecule has 3 aromatic rings. The molecular formula is C27H30Cl2FN5O2. The Hall–Kier alpha value is -2.91. The van der Waals surface area contributed by atoms with E-state index in [-0.39, 0.29) is 22.4 Å². The number of piperazine rings is 1. The van der Waals surface area contributed by atoms with Gasteiger partial charge in [-0.15, -0.1) is 0 Å². The van der Waals surface area contributed by atoms with Crippen LogP contribution >= 0.6 is 23.2 Å². The molecule has 1 amide bonds. The molecule has 0 bridgehead atoms. The number of benzene rings is 2. The second-order valence-corrected chi connectivity index (χ2v) is 9.92. The van der Waals surface area contributed by atoms with Gasteiger partial charge in [0, 0.05) is 49.0 Å². The average Bonchev–Trinajstić information content (AvgIpc) is 2.89. The topological polar surface area (TPSA) is 69.7 Å². The number of rotatable bonds is 8. The van der Waals surface area contributed by atoms with E-state index in [1.165, 1.54) is 31.0 Å². The fourth-order valence-electron chi connectivity index (χ4n) is 4.27. The lowest BCUT2D eigenvalue weighted by molar-refractivity contribution is 0.102. The van der Waals surface area contributed by atoms with Gasteiger partial charge in [0.15, 0.2) is 0 Å². The van der Waals surface area contributed by atoms with Gasteiger partial charge in [-0.2, -0.15) is 0 Å². The van der Waals surface area contributed by atoms with Gasteiger partial charge < -0.3 is 20.3 Å². The van der Waals surface area contributed by atoms with Gasteiger partial charge in [-0.3, -0.25) is 9.69 Å². The zero-order valence-corrected chi connectivity index (χ0v) is 22.5. The van der Waals surface area contributed by atoms with E-state index in [4.69, 9.17) is 27.9 Å². The van der Waals surface area contributed by atoms with Crippen LogP contribution in [0, 0.1) is 5.82 Å². The molecule has 0 saturated carbocycles. The van der Waals surface area contributed by atoms with Crippen LogP contribution in [0.3, 0.4) is 0 Å². The van der Waals surface area contributed by atoms with Crippen LogP contribution in [0.1, 0.15) is 34.5 Å². The predicted octanol–water partition coefficient (Wildman–Crippen LogP) is 5.71. The minimum atomic E-state index is -0.558. The zero-order valence-electron chi connectivity index (χ0n) is 21.0. The Morgan fingerprint density at radius 1 is 1.11 bits per heavy atom. The van der Waals surface area contributed by atoms with E-state index in [9.17, 15) is 9.18 Å². The highest BCUT2D eigenvalue weighted by Gasteiger charge is 2.20. The van der Waals surface area contributed by atoms with Crippen molar-refractivity contribution in [2.75, 3.05) is 51.0 Å². The third kappa shape index (κ3) is 6.70. The lowest BCUT2D eigenvalue weighted by atomic mass is 10.1. The van der Waals surface area contributed by atoms with Gasteiger partial charge in [-0.05, 0) is 49.9 Å². The molecule has 0 spiro atoms. The molecule has 2 aromatic carbocycles. The molecule has 1 atom stereocenters. The first-order valence-electron chi connectivity index (χ1n) is 12.0. The smallest absolute Gasteiger partial charge is 0.261 e. The largest absolute Gasteiger partial charge is 0.480 e. The van der Waals surface area contributed by atoms with Crippen LogP contribution < -0.4 is 15.4 Å². The van der Waals surface area contributed by atoms with Crippen molar-refractivity contribution in [3.05, 3.63) is 81.2 Å². The van der Waals surface area contributed by atoms with Gasteiger partial charge in [0.1, 0.15) is 11.4 Å². The van der Waals surface area contributed by atoms with Crippen molar-refractivity contribution in [1.29, 1.82) is 0 Å². The molecule has 0 unspecified atom stereocenters. The number of amides is 1. The Labute approximate surface area is 226 Å². The molecule has 1 fully saturated rings. The lowest BCUT2D eigenvalue weighted by Gasteiger charge is -2.32. The van der Waals surface area contributed by atoms with Crippen LogP contribution in [0.15, 0.2) is 48.7 Å². The lowest BCUT2D eigenvalue weighted by Crippen LogP contribution is -2.43. The third-order valence-electron chi connectivity index (χ3n) is 6.40. The van der Waals surface area contributed by atoms with Crippen molar-refractivity contribution in [3.63, 3.8) is 0 Å². The molecular weight excluding hydrogens is 516 g/mol. The van der Waals surface area contributed by atoms with Crippen LogP contribution in [-0.2, 0) is 6.54 Å². The first-order chi connectivity index (χ1) is 17.7. The van der Waals surface area contributed by atoms with Gasteiger partial charge >= 0.3 is 0 Å². The summed E-state index contributed by atoms with van der Waals surface area (Å²) in [4.78, 5) is 22.1. The van der Waals surface area contributed by atoms with Crippen LogP contribution in [0.4, 0.5) is 15.8 Å². The number of halogens is 3. The average molecular weight is 546 g/mol. The normalized spacial score (nSPS) is 15.3. The van der Waals surface area contributed by atoms with Gasteiger partial charge in [0.25, 0.3) is 5.91 Å². The Morgan fingerprint density at radius 3 is 2.49 bits per heavy atom. The van der Waals surface area contributed by atoms with Crippen molar-refractivity contribution < 1.29 is 13.9 Å². The predicted molar refractivity (Wildman–Crippen MR) is 146 cm³/mol. The maximum Gasteiger partial charge on any atom is 0.261 e. The second kappa shape index (κ2) is 12.1. The number of nitrogens with zero attached hydrogens (tertiary/aromatic N) is 3. The fraction of sp³-hybridized carbons (Fsp3) is 0.333. The molecule has 2 heterocycles. The van der Waals surface area contributed by atoms with Crippen LogP contribution in [0.25, 0.3) is 0 Å². The maximum atomic E-state index is 14.0. The fourth-order valence-corrected chi connectivity index (χ4v) is 4.97. The van der Waals surface area contributed by atoms with E-state index in [2.05, 4.69) is 32.5 Å². The molecule has 7 nitrogen and oxygen atoms in total. The number of anilines is 2. The first kappa shape index (κ1) is 27.1. The van der Waals surface area contributed by atoms with E-state index < -0.39 is 11.9 Å². The van der Waals surface area contributed by atoms with Crippen LogP contribution in [0.2, 0.25) is 10.0 Å². The van der Waals surface area contributed by atoms with Crippen molar-refractivity contribution in [1.82, 2.24) is 14.8 Å². The molecule has 0 radical (unpaired) electrons. The SMILES string of the molecule is COc1ncc(N[C@H](C)c2c(Cl)ccc(F)c2Cl)cc1C(=O)Nc1ccc(CN2CCN(C)CC2)cc1. The molecule has 1 aromatic heterocycles. The van der Waals surface area contributed by atoms with E-state index >= 15 is 0 Å². The number of hydrogen-bond donors (Lipinski definition) is 2. The number of ether oxygens (including phenoxy) is 1. The standard InChI is InChI=1S/C27H30Cl2FN5O2/c1-17(24-22(28)8-9-23(30)25(24)29)32-20-14-21(27(37-3)31-15-20)26(36)33-19-6-4-18(5-7-19)16-35-12-10-34(2)11-13-35/h4-9,14-15,17,32H,10-13,16H2,1-3H3,(H,33,36)/t17-/m1/s1. The van der Waals surface area contributed by atoms with E-state index in [1.54, 1.807) is 13.0 Å². The molecule has 2 N–H and O–H groups in total. The Kier molecular flexibility index (Phi) is 8.87. The summed E-state index contributed by atoms with van der Waals surface area (Å²) in [6.45, 7) is 6.90. The minimum absolute atomic E-state index is 0.0528. The Morgan fingerprint density at radius 2 is 1.81 bits per heavy atom. The molecule has 37 heavy (non-hydrogen) atoms. The number of carbonyl (C=O) groups excluding carboxylic acids is 1. The first-order valence-corrected chi connectivity index (χ1v) is 12.8. The monoisotopic (exact) mass is 545 g/mol. The number of methoxy groups -OCH3 is 1. The summed E-state index contributed by atoms with van der Waals surface area (Å²) >= 11 is 12.4. The quantitative estimate of drug-likeness (QED) is 0.353. The van der Waals surface area contributed by atoms with E-state index in [0.717, 1.165) is 32.7 Å². The number of nitrogens with one attached hydrogen (secondary N) is 2. The number of likely N-dealkylation sites (N-methyl/N-ethyl adjacent to an activating group) is 1. The summed E-state index contributed by atoms with van der Waals surface area (Å²) < 4.78 is 19.3. The zero-order chi connectivity index (χ0) is 26.5. The van der Waals surface area contributed by atoms with E-state index in [1.807, 2.05) is 24.3 Å². The van der Waals surface area contributed by atoms with Crippen LogP contribution in [-0.4, -0.2) is 61.0 Å². The van der Waals surface area contributed by atoms with E-state index in [0.29, 0.717) is 22.0 Å². The second-order valence-electron chi connectivity index (χ2n) is 9.13. The highest BCUT2D eigenvalue weighted by molar-refractivity contribution is 6.36. The maximum absolute atomic E-state index is 14.0. The molecule has 0 aliphatic carbocycles. The van der Waals surface area contributed by atoms with Crippen molar-refractivity contribution >= 4 is 40.5 Å². The van der Waals surface area contributed by atoms with Gasteiger partial charge in [-0.25, -0.2) is 9.37 Å². The number of carbonyl (C=O) groups is 1. The summed E-state index contributed by atoms with van der Waals surface area (Å²) in [7, 11) is 3.59. The van der Waals surface area contributed by atoms with Gasteiger partial charge in [0.2, 0.25) is 5.88 Å². The summed E-state index contributed by atoms with van der Waals surface area (Å²) in [5, 5.41) is 6.38. The molecule has 1 aliphatic heterocycles. The molecule has 196 valence electrons. The van der Waals surface area contributed by atoms with Crippen LogP contribution in [0.5, 0.6) is 5.88 Å². The highest BCUT2D eigenvalue weighted by atomic mass is 35.5. The molecule has 1 saturated heterocycles. The number of pyridine rings is 1. The third-order valence-corrected chi connectivity index (χ3v) is 7.11. The molecule has 10 heteroatoms. The van der Waals surface area contributed by atoms with Gasteiger partial charge in [-0.1, -0.05) is 35.3 Å². The summed E-state index contributed by atoms with van der Waals surface area (Å²) in [6, 6.07) is 11.7. The Balaban J connectivity index is 1.45. The number of aromatic nitrogens is 1. The summed E-state index contributed by atoms with van der Waals surface area (Å²) in [5.41, 5.74) is 3.05. The molecule has 4 rings (SSSR count). The molecule has 1 aliphatic rings. The minimum Gasteiger partial charge on any atom is -0.480 e.